The molecule has 1 saturated carbocycles. The Morgan fingerprint density at radius 3 is 3.00 bits per heavy atom. The Morgan fingerprint density at radius 1 is 1.24 bits per heavy atom. The first-order chi connectivity index (χ1) is 10.4. The first-order valence-corrected chi connectivity index (χ1v) is 7.87. The largest absolute Gasteiger partial charge is 0.339 e. The Balaban J connectivity index is 1.41. The van der Waals surface area contributed by atoms with Crippen molar-refractivity contribution in [2.45, 2.75) is 44.1 Å². The summed E-state index contributed by atoms with van der Waals surface area (Å²) >= 11 is 0. The fraction of sp³-hybridized carbons (Fsp3) is 0.562. The van der Waals surface area contributed by atoms with Gasteiger partial charge in [-0.15, -0.1) is 0 Å². The molecule has 0 spiro atoms. The number of nitrogens with zero attached hydrogens (tertiary/aromatic N) is 4. The van der Waals surface area contributed by atoms with Crippen LogP contribution in [0, 0.1) is 0 Å². The SMILES string of the molecule is c1ccc(CCN2CCCC2c2noc(C3CC3)n2)nc1. The van der Waals surface area contributed by atoms with E-state index in [1.165, 1.54) is 19.3 Å². The van der Waals surface area contributed by atoms with Crippen molar-refractivity contribution in [3.8, 4) is 0 Å². The lowest BCUT2D eigenvalue weighted by atomic mass is 10.2. The van der Waals surface area contributed by atoms with Crippen molar-refractivity contribution in [3.05, 3.63) is 41.8 Å². The van der Waals surface area contributed by atoms with E-state index in [1.54, 1.807) is 0 Å². The summed E-state index contributed by atoms with van der Waals surface area (Å²) in [6.45, 7) is 2.12. The molecule has 0 amide bonds. The molecule has 1 unspecified atom stereocenters. The third kappa shape index (κ3) is 2.83. The van der Waals surface area contributed by atoms with Gasteiger partial charge in [-0.2, -0.15) is 4.98 Å². The van der Waals surface area contributed by atoms with Gasteiger partial charge in [0.15, 0.2) is 5.82 Å². The van der Waals surface area contributed by atoms with Crippen molar-refractivity contribution < 1.29 is 4.52 Å². The average molecular weight is 284 g/mol. The van der Waals surface area contributed by atoms with Crippen LogP contribution in [0.2, 0.25) is 0 Å². The van der Waals surface area contributed by atoms with E-state index >= 15 is 0 Å². The normalized spacial score (nSPS) is 22.8. The van der Waals surface area contributed by atoms with Crippen LogP contribution in [0.25, 0.3) is 0 Å². The molecule has 2 aromatic rings. The molecular weight excluding hydrogens is 264 g/mol. The molecule has 2 aliphatic rings. The summed E-state index contributed by atoms with van der Waals surface area (Å²) in [6.07, 6.45) is 7.58. The highest BCUT2D eigenvalue weighted by Gasteiger charge is 2.33. The van der Waals surface area contributed by atoms with Crippen LogP contribution in [0.5, 0.6) is 0 Å². The number of rotatable bonds is 5. The molecule has 0 aromatic carbocycles. The van der Waals surface area contributed by atoms with E-state index in [4.69, 9.17) is 4.52 Å². The van der Waals surface area contributed by atoms with Crippen LogP contribution in [0.1, 0.15) is 55.1 Å². The maximum atomic E-state index is 5.41. The molecule has 1 aliphatic heterocycles. The minimum Gasteiger partial charge on any atom is -0.339 e. The molecule has 21 heavy (non-hydrogen) atoms. The first-order valence-electron chi connectivity index (χ1n) is 7.87. The quantitative estimate of drug-likeness (QED) is 0.845. The monoisotopic (exact) mass is 284 g/mol. The first kappa shape index (κ1) is 13.0. The molecule has 0 bridgehead atoms. The third-order valence-corrected chi connectivity index (χ3v) is 4.43. The lowest BCUT2D eigenvalue weighted by molar-refractivity contribution is 0.244. The van der Waals surface area contributed by atoms with Crippen LogP contribution in [-0.4, -0.2) is 33.1 Å². The molecule has 5 nitrogen and oxygen atoms in total. The molecule has 1 saturated heterocycles. The van der Waals surface area contributed by atoms with Crippen LogP contribution >= 0.6 is 0 Å². The van der Waals surface area contributed by atoms with E-state index < -0.39 is 0 Å². The molecule has 0 N–H and O–H groups in total. The summed E-state index contributed by atoms with van der Waals surface area (Å²) in [5, 5.41) is 4.22. The average Bonchev–Trinajstić information content (AvgIpc) is 3.08. The van der Waals surface area contributed by atoms with Gasteiger partial charge in [0.2, 0.25) is 5.89 Å². The van der Waals surface area contributed by atoms with E-state index in [0.717, 1.165) is 43.3 Å². The van der Waals surface area contributed by atoms with Gasteiger partial charge in [-0.3, -0.25) is 9.88 Å². The van der Waals surface area contributed by atoms with Crippen LogP contribution in [-0.2, 0) is 6.42 Å². The predicted molar refractivity (Wildman–Crippen MR) is 77.8 cm³/mol. The van der Waals surface area contributed by atoms with Gasteiger partial charge in [-0.05, 0) is 44.4 Å². The Labute approximate surface area is 124 Å². The Morgan fingerprint density at radius 2 is 2.19 bits per heavy atom. The zero-order valence-corrected chi connectivity index (χ0v) is 12.1. The number of hydrogen-bond acceptors (Lipinski definition) is 5. The molecular formula is C16H20N4O. The lowest BCUT2D eigenvalue weighted by Crippen LogP contribution is -2.26. The fourth-order valence-corrected chi connectivity index (χ4v) is 3.07. The maximum absolute atomic E-state index is 5.41. The summed E-state index contributed by atoms with van der Waals surface area (Å²) in [4.78, 5) is 11.5. The summed E-state index contributed by atoms with van der Waals surface area (Å²) in [7, 11) is 0. The Hall–Kier alpha value is -1.75. The Kier molecular flexibility index (Phi) is 3.43. The smallest absolute Gasteiger partial charge is 0.229 e. The van der Waals surface area contributed by atoms with Crippen molar-refractivity contribution in [2.24, 2.45) is 0 Å². The molecule has 1 atom stereocenters. The molecule has 4 rings (SSSR count). The number of hydrogen-bond donors (Lipinski definition) is 0. The van der Waals surface area contributed by atoms with E-state index in [1.807, 2.05) is 18.3 Å². The summed E-state index contributed by atoms with van der Waals surface area (Å²) in [6, 6.07) is 6.42. The molecule has 110 valence electrons. The number of aromatic nitrogens is 3. The van der Waals surface area contributed by atoms with Crippen molar-refractivity contribution in [1.82, 2.24) is 20.0 Å². The maximum Gasteiger partial charge on any atom is 0.229 e. The van der Waals surface area contributed by atoms with Crippen molar-refractivity contribution >= 4 is 0 Å². The second-order valence-corrected chi connectivity index (χ2v) is 6.03. The van der Waals surface area contributed by atoms with Crippen LogP contribution in [0.15, 0.2) is 28.9 Å². The Bertz CT molecular complexity index is 593. The summed E-state index contributed by atoms with van der Waals surface area (Å²) in [5.41, 5.74) is 1.15. The minimum absolute atomic E-state index is 0.324. The fourth-order valence-electron chi connectivity index (χ4n) is 3.07. The van der Waals surface area contributed by atoms with Gasteiger partial charge in [0.05, 0.1) is 6.04 Å². The highest BCUT2D eigenvalue weighted by Crippen LogP contribution is 2.40. The molecule has 1 aliphatic carbocycles. The molecule has 3 heterocycles. The van der Waals surface area contributed by atoms with E-state index in [2.05, 4.69) is 26.1 Å². The van der Waals surface area contributed by atoms with Gasteiger partial charge in [-0.1, -0.05) is 11.2 Å². The van der Waals surface area contributed by atoms with Gasteiger partial charge in [0, 0.05) is 30.8 Å². The summed E-state index contributed by atoms with van der Waals surface area (Å²) in [5.74, 6) is 2.27. The lowest BCUT2D eigenvalue weighted by Gasteiger charge is -2.21. The predicted octanol–water partition coefficient (Wildman–Crippen LogP) is 2.72. The zero-order chi connectivity index (χ0) is 14.1. The summed E-state index contributed by atoms with van der Waals surface area (Å²) < 4.78 is 5.41. The third-order valence-electron chi connectivity index (χ3n) is 4.43. The number of likely N-dealkylation sites (tertiary alicyclic amines) is 1. The van der Waals surface area contributed by atoms with Crippen molar-refractivity contribution in [1.29, 1.82) is 0 Å². The molecule has 2 aromatic heterocycles. The highest BCUT2D eigenvalue weighted by atomic mass is 16.5. The highest BCUT2D eigenvalue weighted by molar-refractivity contribution is 5.07. The van der Waals surface area contributed by atoms with Gasteiger partial charge >= 0.3 is 0 Å². The van der Waals surface area contributed by atoms with Crippen molar-refractivity contribution in [2.75, 3.05) is 13.1 Å². The number of pyridine rings is 1. The van der Waals surface area contributed by atoms with Crippen molar-refractivity contribution in [3.63, 3.8) is 0 Å². The van der Waals surface area contributed by atoms with E-state index in [0.29, 0.717) is 12.0 Å². The standard InChI is InChI=1S/C16H20N4O/c1-2-9-17-13(4-1)8-11-20-10-3-5-14(20)15-18-16(21-19-15)12-6-7-12/h1-2,4,9,12,14H,3,5-8,10-11H2. The topological polar surface area (TPSA) is 55.1 Å². The molecule has 0 radical (unpaired) electrons. The molecule has 2 fully saturated rings. The van der Waals surface area contributed by atoms with Crippen LogP contribution in [0.3, 0.4) is 0 Å². The second-order valence-electron chi connectivity index (χ2n) is 6.03. The molecule has 5 heteroatoms. The van der Waals surface area contributed by atoms with Gasteiger partial charge in [0.1, 0.15) is 0 Å². The van der Waals surface area contributed by atoms with E-state index in [-0.39, 0.29) is 0 Å². The van der Waals surface area contributed by atoms with Gasteiger partial charge < -0.3 is 4.52 Å². The second kappa shape index (κ2) is 5.56. The zero-order valence-electron chi connectivity index (χ0n) is 12.1. The van der Waals surface area contributed by atoms with Crippen LogP contribution in [0.4, 0.5) is 0 Å². The van der Waals surface area contributed by atoms with Gasteiger partial charge in [-0.25, -0.2) is 0 Å². The van der Waals surface area contributed by atoms with Crippen LogP contribution < -0.4 is 0 Å². The van der Waals surface area contributed by atoms with Gasteiger partial charge in [0.25, 0.3) is 0 Å². The van der Waals surface area contributed by atoms with E-state index in [9.17, 15) is 0 Å². The minimum atomic E-state index is 0.324.